The van der Waals surface area contributed by atoms with Crippen LogP contribution in [0.1, 0.15) is 58.0 Å². The fourth-order valence-corrected chi connectivity index (χ4v) is 4.29. The fourth-order valence-electron chi connectivity index (χ4n) is 2.94. The van der Waals surface area contributed by atoms with Crippen LogP contribution in [0, 0.1) is 5.92 Å². The van der Waals surface area contributed by atoms with E-state index in [-0.39, 0.29) is 34.6 Å². The van der Waals surface area contributed by atoms with Crippen molar-refractivity contribution in [3.05, 3.63) is 17.9 Å². The Kier molecular flexibility index (Phi) is 6.36. The Morgan fingerprint density at radius 3 is 2.30 bits per heavy atom. The number of rotatable bonds is 5. The minimum absolute atomic E-state index is 0.0109. The highest BCUT2D eigenvalue weighted by Gasteiger charge is 2.31. The summed E-state index contributed by atoms with van der Waals surface area (Å²) in [5.74, 6) is -0.485. The molecule has 0 atom stereocenters. The van der Waals surface area contributed by atoms with E-state index in [0.29, 0.717) is 25.9 Å². The first-order valence-corrected chi connectivity index (χ1v) is 10.6. The SMILES string of the molecule is CC(C)NC(=O)C1CCN(C(=O)c2ccc(S(=O)(=O)NC(C)(C)C)o2)CC1. The molecule has 0 aliphatic carbocycles. The van der Waals surface area contributed by atoms with Crippen molar-refractivity contribution >= 4 is 21.8 Å². The standard InChI is InChI=1S/C18H29N3O5S/c1-12(2)19-16(22)13-8-10-21(11-9-13)17(23)14-6-7-15(26-14)27(24,25)20-18(3,4)5/h6-7,12-13,20H,8-11H2,1-5H3,(H,19,22). The second-order valence-corrected chi connectivity index (χ2v) is 9.82. The van der Waals surface area contributed by atoms with Crippen molar-refractivity contribution < 1.29 is 22.4 Å². The highest BCUT2D eigenvalue weighted by Crippen LogP contribution is 2.22. The van der Waals surface area contributed by atoms with E-state index in [4.69, 9.17) is 4.42 Å². The molecule has 2 amide bonds. The predicted molar refractivity (Wildman–Crippen MR) is 101 cm³/mol. The van der Waals surface area contributed by atoms with Gasteiger partial charge in [-0.1, -0.05) is 0 Å². The molecule has 0 unspecified atom stereocenters. The molecule has 1 saturated heterocycles. The molecular formula is C18H29N3O5S. The zero-order valence-corrected chi connectivity index (χ0v) is 17.4. The molecule has 1 aromatic heterocycles. The molecule has 0 bridgehead atoms. The summed E-state index contributed by atoms with van der Waals surface area (Å²) in [6.07, 6.45) is 1.14. The van der Waals surface area contributed by atoms with E-state index in [0.717, 1.165) is 0 Å². The van der Waals surface area contributed by atoms with E-state index in [2.05, 4.69) is 10.0 Å². The number of hydrogen-bond donors (Lipinski definition) is 2. The average Bonchev–Trinajstić information content (AvgIpc) is 3.02. The largest absolute Gasteiger partial charge is 0.438 e. The van der Waals surface area contributed by atoms with Crippen molar-refractivity contribution in [3.8, 4) is 0 Å². The molecule has 2 N–H and O–H groups in total. The van der Waals surface area contributed by atoms with E-state index in [1.807, 2.05) is 13.8 Å². The van der Waals surface area contributed by atoms with Crippen molar-refractivity contribution in [2.24, 2.45) is 5.92 Å². The minimum atomic E-state index is -3.83. The molecule has 0 saturated carbocycles. The summed E-state index contributed by atoms with van der Waals surface area (Å²) in [5, 5.41) is 2.61. The van der Waals surface area contributed by atoms with Crippen molar-refractivity contribution in [1.29, 1.82) is 0 Å². The Bertz CT molecular complexity index is 784. The van der Waals surface area contributed by atoms with Gasteiger partial charge in [-0.05, 0) is 59.6 Å². The first kappa shape index (κ1) is 21.4. The lowest BCUT2D eigenvalue weighted by Gasteiger charge is -2.31. The lowest BCUT2D eigenvalue weighted by atomic mass is 9.95. The van der Waals surface area contributed by atoms with Gasteiger partial charge >= 0.3 is 0 Å². The van der Waals surface area contributed by atoms with Gasteiger partial charge in [-0.3, -0.25) is 9.59 Å². The number of furan rings is 1. The summed E-state index contributed by atoms with van der Waals surface area (Å²) in [6, 6.07) is 2.74. The zero-order chi connectivity index (χ0) is 20.4. The third-order valence-corrected chi connectivity index (χ3v) is 5.71. The number of carbonyl (C=O) groups is 2. The normalized spacial score (nSPS) is 16.6. The number of carbonyl (C=O) groups excluding carboxylic acids is 2. The third-order valence-electron chi connectivity index (χ3n) is 4.08. The van der Waals surface area contributed by atoms with Crippen LogP contribution in [0.2, 0.25) is 0 Å². The Morgan fingerprint density at radius 1 is 1.19 bits per heavy atom. The Morgan fingerprint density at radius 2 is 1.78 bits per heavy atom. The van der Waals surface area contributed by atoms with Crippen LogP contribution in [0.3, 0.4) is 0 Å². The van der Waals surface area contributed by atoms with Crippen LogP contribution in [0.25, 0.3) is 0 Å². The second-order valence-electron chi connectivity index (χ2n) is 8.20. The van der Waals surface area contributed by atoms with Gasteiger partial charge in [0, 0.05) is 30.6 Å². The van der Waals surface area contributed by atoms with Crippen LogP contribution >= 0.6 is 0 Å². The summed E-state index contributed by atoms with van der Waals surface area (Å²) < 4.78 is 32.4. The molecule has 1 aliphatic heterocycles. The molecule has 152 valence electrons. The number of sulfonamides is 1. The zero-order valence-electron chi connectivity index (χ0n) is 16.5. The van der Waals surface area contributed by atoms with E-state index in [1.165, 1.54) is 12.1 Å². The highest BCUT2D eigenvalue weighted by molar-refractivity contribution is 7.89. The molecule has 0 spiro atoms. The van der Waals surface area contributed by atoms with Crippen molar-refractivity contribution in [2.45, 2.75) is 64.1 Å². The molecule has 2 rings (SSSR count). The summed E-state index contributed by atoms with van der Waals surface area (Å²) in [4.78, 5) is 26.3. The van der Waals surface area contributed by atoms with Gasteiger partial charge in [0.15, 0.2) is 5.76 Å². The summed E-state index contributed by atoms with van der Waals surface area (Å²) in [5.41, 5.74) is -0.658. The monoisotopic (exact) mass is 399 g/mol. The van der Waals surface area contributed by atoms with Gasteiger partial charge in [0.2, 0.25) is 11.0 Å². The molecule has 2 heterocycles. The summed E-state index contributed by atoms with van der Waals surface area (Å²) in [6.45, 7) is 9.84. The van der Waals surface area contributed by atoms with Gasteiger partial charge in [-0.25, -0.2) is 13.1 Å². The molecule has 0 radical (unpaired) electrons. The maximum Gasteiger partial charge on any atom is 0.289 e. The quantitative estimate of drug-likeness (QED) is 0.784. The van der Waals surface area contributed by atoms with E-state index in [9.17, 15) is 18.0 Å². The lowest BCUT2D eigenvalue weighted by Crippen LogP contribution is -2.44. The summed E-state index contributed by atoms with van der Waals surface area (Å²) in [7, 11) is -3.83. The number of nitrogens with one attached hydrogen (secondary N) is 2. The van der Waals surface area contributed by atoms with Crippen LogP contribution in [0.4, 0.5) is 0 Å². The second kappa shape index (κ2) is 8.02. The molecule has 1 fully saturated rings. The van der Waals surface area contributed by atoms with Gasteiger partial charge in [0.05, 0.1) is 0 Å². The Balaban J connectivity index is 2.00. The molecule has 1 aliphatic rings. The van der Waals surface area contributed by atoms with Crippen LogP contribution in [-0.4, -0.2) is 49.8 Å². The maximum absolute atomic E-state index is 12.6. The number of piperidine rings is 1. The lowest BCUT2D eigenvalue weighted by molar-refractivity contribution is -0.126. The van der Waals surface area contributed by atoms with Gasteiger partial charge in [0.1, 0.15) is 0 Å². The number of amides is 2. The predicted octanol–water partition coefficient (Wildman–Crippen LogP) is 1.73. The van der Waals surface area contributed by atoms with Gasteiger partial charge in [-0.15, -0.1) is 0 Å². The topological polar surface area (TPSA) is 109 Å². The van der Waals surface area contributed by atoms with Crippen LogP contribution < -0.4 is 10.0 Å². The van der Waals surface area contributed by atoms with Crippen molar-refractivity contribution in [3.63, 3.8) is 0 Å². The van der Waals surface area contributed by atoms with Crippen LogP contribution in [-0.2, 0) is 14.8 Å². The molecule has 0 aromatic carbocycles. The fraction of sp³-hybridized carbons (Fsp3) is 0.667. The van der Waals surface area contributed by atoms with Crippen LogP contribution in [0.15, 0.2) is 21.6 Å². The number of likely N-dealkylation sites (tertiary alicyclic amines) is 1. The van der Waals surface area contributed by atoms with Crippen molar-refractivity contribution in [1.82, 2.24) is 14.9 Å². The smallest absolute Gasteiger partial charge is 0.289 e. The van der Waals surface area contributed by atoms with Crippen molar-refractivity contribution in [2.75, 3.05) is 13.1 Å². The molecular weight excluding hydrogens is 370 g/mol. The first-order chi connectivity index (χ1) is 12.4. The summed E-state index contributed by atoms with van der Waals surface area (Å²) >= 11 is 0. The first-order valence-electron chi connectivity index (χ1n) is 9.12. The van der Waals surface area contributed by atoms with E-state index < -0.39 is 15.6 Å². The van der Waals surface area contributed by atoms with E-state index in [1.54, 1.807) is 25.7 Å². The third kappa shape index (κ3) is 5.80. The molecule has 1 aromatic rings. The Hall–Kier alpha value is -1.87. The minimum Gasteiger partial charge on any atom is -0.438 e. The molecule has 27 heavy (non-hydrogen) atoms. The highest BCUT2D eigenvalue weighted by atomic mass is 32.2. The van der Waals surface area contributed by atoms with Crippen LogP contribution in [0.5, 0.6) is 0 Å². The molecule has 9 heteroatoms. The van der Waals surface area contributed by atoms with Gasteiger partial charge in [0.25, 0.3) is 15.9 Å². The van der Waals surface area contributed by atoms with E-state index >= 15 is 0 Å². The van der Waals surface area contributed by atoms with Gasteiger partial charge < -0.3 is 14.6 Å². The number of nitrogens with zero attached hydrogens (tertiary/aromatic N) is 1. The molecule has 8 nitrogen and oxygen atoms in total. The Labute approximate surface area is 160 Å². The maximum atomic E-state index is 12.6. The van der Waals surface area contributed by atoms with Gasteiger partial charge in [-0.2, -0.15) is 0 Å². The average molecular weight is 400 g/mol. The number of hydrogen-bond acceptors (Lipinski definition) is 5.